The summed E-state index contributed by atoms with van der Waals surface area (Å²) in [6.45, 7) is 14.0. The number of aliphatic hydroxyl groups excluding tert-OH is 1. The van der Waals surface area contributed by atoms with Crippen LogP contribution < -0.4 is 0 Å². The molecule has 0 radical (unpaired) electrons. The summed E-state index contributed by atoms with van der Waals surface area (Å²) in [5.74, 6) is 5.35. The van der Waals surface area contributed by atoms with Crippen molar-refractivity contribution in [1.29, 1.82) is 0 Å². The summed E-state index contributed by atoms with van der Waals surface area (Å²) < 4.78 is 0. The Bertz CT molecular complexity index is 628. The number of rotatable bonds is 4. The summed E-state index contributed by atoms with van der Waals surface area (Å²) in [5.41, 5.74) is 0.752. The average molecular weight is 403 g/mol. The Balaban J connectivity index is 1.66. The maximum Gasteiger partial charge on any atom is 0.130 e. The summed E-state index contributed by atoms with van der Waals surface area (Å²) in [6.07, 6.45) is 11.0. The molecular weight excluding hydrogens is 356 g/mol. The van der Waals surface area contributed by atoms with Crippen LogP contribution in [-0.4, -0.2) is 17.0 Å². The van der Waals surface area contributed by atoms with Gasteiger partial charge in [0.15, 0.2) is 0 Å². The highest BCUT2D eigenvalue weighted by Crippen LogP contribution is 2.69. The van der Waals surface area contributed by atoms with Gasteiger partial charge in [-0.3, -0.25) is 0 Å². The minimum absolute atomic E-state index is 0.111. The lowest BCUT2D eigenvalue weighted by Gasteiger charge is -2.65. The third-order valence-electron chi connectivity index (χ3n) is 11.0. The molecule has 2 nitrogen and oxygen atoms in total. The molecule has 3 unspecified atom stereocenters. The number of Topliss-reactive ketones (excluding diaryl/α,β-unsaturated/α-hetero) is 1. The van der Waals surface area contributed by atoms with Crippen LogP contribution in [0.5, 0.6) is 0 Å². The molecule has 1 N–H and O–H groups in total. The summed E-state index contributed by atoms with van der Waals surface area (Å²) in [6, 6.07) is 0. The second-order valence-corrected chi connectivity index (χ2v) is 12.5. The first-order chi connectivity index (χ1) is 13.6. The fraction of sp³-hybridized carbons (Fsp3) is 0.963. The van der Waals surface area contributed by atoms with E-state index in [4.69, 9.17) is 0 Å². The number of carbonyl (C=O) groups excluding carboxylic acids is 1. The first kappa shape index (κ1) is 21.8. The number of hydrogen-bond acceptors (Lipinski definition) is 2. The average Bonchev–Trinajstić information content (AvgIpc) is 3.00. The van der Waals surface area contributed by atoms with Crippen molar-refractivity contribution in [3.05, 3.63) is 0 Å². The molecule has 0 aromatic heterocycles. The lowest BCUT2D eigenvalue weighted by molar-refractivity contribution is -0.198. The highest BCUT2D eigenvalue weighted by Gasteiger charge is 2.64. The molecule has 11 atom stereocenters. The summed E-state index contributed by atoms with van der Waals surface area (Å²) in [5, 5.41) is 11.8. The van der Waals surface area contributed by atoms with Gasteiger partial charge in [-0.15, -0.1) is 0 Å². The second-order valence-electron chi connectivity index (χ2n) is 12.5. The lowest BCUT2D eigenvalue weighted by Crippen LogP contribution is -2.61. The van der Waals surface area contributed by atoms with E-state index in [0.717, 1.165) is 18.8 Å². The molecule has 166 valence electrons. The van der Waals surface area contributed by atoms with Crippen molar-refractivity contribution >= 4 is 5.78 Å². The van der Waals surface area contributed by atoms with Gasteiger partial charge in [0.25, 0.3) is 0 Å². The monoisotopic (exact) mass is 402 g/mol. The van der Waals surface area contributed by atoms with Crippen molar-refractivity contribution in [1.82, 2.24) is 0 Å². The summed E-state index contributed by atoms with van der Waals surface area (Å²) in [4.78, 5) is 11.8. The lowest BCUT2D eigenvalue weighted by atomic mass is 9.41. The molecule has 4 aliphatic rings. The van der Waals surface area contributed by atoms with Gasteiger partial charge in [-0.25, -0.2) is 0 Å². The molecule has 0 spiro atoms. The van der Waals surface area contributed by atoms with Gasteiger partial charge < -0.3 is 9.90 Å². The third kappa shape index (κ3) is 3.26. The van der Waals surface area contributed by atoms with Crippen molar-refractivity contribution in [2.45, 2.75) is 105 Å². The van der Waals surface area contributed by atoms with Gasteiger partial charge in [0.05, 0.1) is 6.10 Å². The molecule has 0 aromatic carbocycles. The van der Waals surface area contributed by atoms with Crippen LogP contribution >= 0.6 is 0 Å². The minimum atomic E-state index is -0.111. The van der Waals surface area contributed by atoms with Gasteiger partial charge in [-0.2, -0.15) is 0 Å². The van der Waals surface area contributed by atoms with Crippen LogP contribution in [0.1, 0.15) is 99.3 Å². The van der Waals surface area contributed by atoms with Crippen molar-refractivity contribution in [2.24, 2.45) is 58.2 Å². The van der Waals surface area contributed by atoms with Crippen molar-refractivity contribution in [3.63, 3.8) is 0 Å². The van der Waals surface area contributed by atoms with E-state index in [2.05, 4.69) is 34.6 Å². The van der Waals surface area contributed by atoms with Crippen molar-refractivity contribution < 1.29 is 9.90 Å². The van der Waals surface area contributed by atoms with E-state index in [9.17, 15) is 9.90 Å². The third-order valence-corrected chi connectivity index (χ3v) is 11.0. The molecule has 0 heterocycles. The molecule has 4 fully saturated rings. The predicted octanol–water partition coefficient (Wildman–Crippen LogP) is 6.50. The Morgan fingerprint density at radius 1 is 1.03 bits per heavy atom. The molecule has 0 saturated heterocycles. The quantitative estimate of drug-likeness (QED) is 0.582. The fourth-order valence-electron chi connectivity index (χ4n) is 9.75. The minimum Gasteiger partial charge on any atom is -0.393 e. The summed E-state index contributed by atoms with van der Waals surface area (Å²) >= 11 is 0. The topological polar surface area (TPSA) is 37.3 Å². The largest absolute Gasteiger partial charge is 0.393 e. The molecule has 4 rings (SSSR count). The molecule has 2 heteroatoms. The SMILES string of the molecule is CC[C@H]1[C@@H](O)C2C3CC[C@H]([C@H](C)CC(C)=O)[C@@]3(C)CCC2[C@@]2(C)CC[C@@H](C)C[C@@H]12. The number of fused-ring (bicyclic) bond motifs is 5. The highest BCUT2D eigenvalue weighted by molar-refractivity contribution is 5.75. The van der Waals surface area contributed by atoms with Crippen LogP contribution in [0.4, 0.5) is 0 Å². The van der Waals surface area contributed by atoms with E-state index in [1.807, 2.05) is 0 Å². The zero-order valence-electron chi connectivity index (χ0n) is 19.9. The van der Waals surface area contributed by atoms with E-state index in [0.29, 0.717) is 58.0 Å². The molecule has 0 bridgehead atoms. The fourth-order valence-corrected chi connectivity index (χ4v) is 9.75. The normalized spacial score (nSPS) is 52.9. The number of ketones is 1. The Hall–Kier alpha value is -0.370. The first-order valence-electron chi connectivity index (χ1n) is 12.8. The van der Waals surface area contributed by atoms with Gasteiger partial charge >= 0.3 is 0 Å². The van der Waals surface area contributed by atoms with Crippen molar-refractivity contribution in [2.75, 3.05) is 0 Å². The van der Waals surface area contributed by atoms with Crippen LogP contribution in [0.2, 0.25) is 0 Å². The standard InChI is InChI=1S/C27H46O2/c1-7-19-23-14-16(2)10-12-27(23,6)22-11-13-26(5)20(17(3)15-18(4)28)8-9-21(26)24(22)25(19)29/h16-17,19-25,29H,7-15H2,1-6H3/t16-,17-,19-,20-,21?,22?,23+,24?,25-,26-,27-/m1/s1. The highest BCUT2D eigenvalue weighted by atomic mass is 16.3. The van der Waals surface area contributed by atoms with Crippen LogP contribution in [0.3, 0.4) is 0 Å². The van der Waals surface area contributed by atoms with Crippen LogP contribution in [0, 0.1) is 58.2 Å². The predicted molar refractivity (Wildman–Crippen MR) is 119 cm³/mol. The maximum atomic E-state index is 11.8. The van der Waals surface area contributed by atoms with Gasteiger partial charge in [0, 0.05) is 6.42 Å². The van der Waals surface area contributed by atoms with Crippen LogP contribution in [-0.2, 0) is 4.79 Å². The smallest absolute Gasteiger partial charge is 0.130 e. The number of carbonyl (C=O) groups is 1. The van der Waals surface area contributed by atoms with E-state index in [1.54, 1.807) is 6.92 Å². The van der Waals surface area contributed by atoms with E-state index in [1.165, 1.54) is 44.9 Å². The Morgan fingerprint density at radius 3 is 2.34 bits per heavy atom. The van der Waals surface area contributed by atoms with Gasteiger partial charge in [0.1, 0.15) is 5.78 Å². The van der Waals surface area contributed by atoms with Crippen molar-refractivity contribution in [3.8, 4) is 0 Å². The van der Waals surface area contributed by atoms with Crippen LogP contribution in [0.25, 0.3) is 0 Å². The Kier molecular flexibility index (Phi) is 5.76. The van der Waals surface area contributed by atoms with E-state index < -0.39 is 0 Å². The Morgan fingerprint density at radius 2 is 1.69 bits per heavy atom. The molecular formula is C27H46O2. The van der Waals surface area contributed by atoms with Gasteiger partial charge in [-0.1, -0.05) is 47.5 Å². The maximum absolute atomic E-state index is 11.8. The first-order valence-corrected chi connectivity index (χ1v) is 12.8. The second kappa shape index (κ2) is 7.64. The number of hydrogen-bond donors (Lipinski definition) is 1. The molecule has 0 aromatic rings. The Labute approximate surface area is 179 Å². The zero-order valence-corrected chi connectivity index (χ0v) is 19.9. The number of aliphatic hydroxyl groups is 1. The molecule has 4 aliphatic carbocycles. The molecule has 4 saturated carbocycles. The van der Waals surface area contributed by atoms with E-state index in [-0.39, 0.29) is 6.10 Å². The molecule has 0 aliphatic heterocycles. The van der Waals surface area contributed by atoms with E-state index >= 15 is 0 Å². The van der Waals surface area contributed by atoms with Crippen LogP contribution in [0.15, 0.2) is 0 Å². The molecule has 0 amide bonds. The van der Waals surface area contributed by atoms with Gasteiger partial charge in [-0.05, 0) is 104 Å². The zero-order chi connectivity index (χ0) is 21.1. The summed E-state index contributed by atoms with van der Waals surface area (Å²) in [7, 11) is 0. The van der Waals surface area contributed by atoms with Gasteiger partial charge in [0.2, 0.25) is 0 Å². The molecule has 29 heavy (non-hydrogen) atoms.